The van der Waals surface area contributed by atoms with E-state index in [1.54, 1.807) is 12.0 Å². The fraction of sp³-hybridized carbons (Fsp3) is 0.435. The van der Waals surface area contributed by atoms with Gasteiger partial charge in [-0.2, -0.15) is 0 Å². The Hall–Kier alpha value is -3.29. The Kier molecular flexibility index (Phi) is 5.47. The highest BCUT2D eigenvalue weighted by Gasteiger charge is 2.29. The van der Waals surface area contributed by atoms with E-state index in [4.69, 9.17) is 15.2 Å². The number of piperidine rings is 1. The van der Waals surface area contributed by atoms with E-state index in [9.17, 15) is 4.79 Å². The minimum absolute atomic E-state index is 0.211. The Balaban J connectivity index is 1.62. The topological polar surface area (TPSA) is 95.5 Å². The Bertz CT molecular complexity index is 1080. The first-order valence-corrected chi connectivity index (χ1v) is 10.5. The number of benzene rings is 1. The Morgan fingerprint density at radius 2 is 1.81 bits per heavy atom. The predicted octanol–water partition coefficient (Wildman–Crippen LogP) is 4.26. The van der Waals surface area contributed by atoms with Crippen LogP contribution in [0.5, 0.6) is 5.75 Å². The maximum Gasteiger partial charge on any atom is 0.410 e. The number of hydrogen-bond acceptors (Lipinski definition) is 6. The minimum Gasteiger partial charge on any atom is -0.497 e. The molecule has 1 aromatic carbocycles. The standard InChI is InChI=1S/C23H29N5O3/c1-23(2,3)31-22(29)27-11-9-16(10-12-27)28-13-18(15-5-7-17(30-4)8-6-15)19-20(24)25-14-26-21(19)28/h5-8,13-14,16H,9-12H2,1-4H3,(H2,24,25,26). The highest BCUT2D eigenvalue weighted by atomic mass is 16.6. The second kappa shape index (κ2) is 8.09. The SMILES string of the molecule is COc1ccc(-c2cn(C3CCN(C(=O)OC(C)(C)C)CC3)c3ncnc(N)c23)cc1. The molecule has 0 atom stereocenters. The van der Waals surface area contributed by atoms with Gasteiger partial charge < -0.3 is 24.7 Å². The minimum atomic E-state index is -0.494. The van der Waals surface area contributed by atoms with Crippen LogP contribution < -0.4 is 10.5 Å². The van der Waals surface area contributed by atoms with Crippen molar-refractivity contribution in [3.63, 3.8) is 0 Å². The van der Waals surface area contributed by atoms with Gasteiger partial charge in [-0.05, 0) is 51.3 Å². The number of fused-ring (bicyclic) bond motifs is 1. The largest absolute Gasteiger partial charge is 0.497 e. The number of ether oxygens (including phenoxy) is 2. The Labute approximate surface area is 182 Å². The summed E-state index contributed by atoms with van der Waals surface area (Å²) in [6.07, 6.45) is 4.98. The molecule has 4 rings (SSSR count). The van der Waals surface area contributed by atoms with Crippen LogP contribution in [0.2, 0.25) is 0 Å². The third kappa shape index (κ3) is 4.28. The van der Waals surface area contributed by atoms with E-state index >= 15 is 0 Å². The summed E-state index contributed by atoms with van der Waals surface area (Å²) in [4.78, 5) is 22.9. The molecule has 164 valence electrons. The quantitative estimate of drug-likeness (QED) is 0.676. The molecule has 8 nitrogen and oxygen atoms in total. The number of rotatable bonds is 3. The number of nitrogens with zero attached hydrogens (tertiary/aromatic N) is 4. The summed E-state index contributed by atoms with van der Waals surface area (Å²) in [5.41, 5.74) is 8.59. The van der Waals surface area contributed by atoms with Gasteiger partial charge in [-0.1, -0.05) is 12.1 Å². The van der Waals surface area contributed by atoms with Gasteiger partial charge in [0, 0.05) is 30.9 Å². The van der Waals surface area contributed by atoms with Crippen LogP contribution in [0, 0.1) is 0 Å². The summed E-state index contributed by atoms with van der Waals surface area (Å²) in [5.74, 6) is 1.26. The molecule has 0 saturated carbocycles. The number of aromatic nitrogens is 3. The molecule has 3 heterocycles. The first kappa shape index (κ1) is 21.0. The van der Waals surface area contributed by atoms with Crippen molar-refractivity contribution in [3.8, 4) is 16.9 Å². The van der Waals surface area contributed by atoms with Crippen molar-refractivity contribution in [2.75, 3.05) is 25.9 Å². The van der Waals surface area contributed by atoms with E-state index in [2.05, 4.69) is 20.7 Å². The molecule has 3 aromatic rings. The summed E-state index contributed by atoms with van der Waals surface area (Å²) >= 11 is 0. The molecular weight excluding hydrogens is 394 g/mol. The second-order valence-corrected chi connectivity index (χ2v) is 8.83. The highest BCUT2D eigenvalue weighted by molar-refractivity contribution is 6.00. The van der Waals surface area contributed by atoms with Gasteiger partial charge in [0.2, 0.25) is 0 Å². The van der Waals surface area contributed by atoms with E-state index in [0.29, 0.717) is 18.9 Å². The van der Waals surface area contributed by atoms with Gasteiger partial charge >= 0.3 is 6.09 Å². The van der Waals surface area contributed by atoms with Crippen LogP contribution in [-0.4, -0.2) is 51.3 Å². The molecule has 0 radical (unpaired) electrons. The van der Waals surface area contributed by atoms with Crippen molar-refractivity contribution in [1.82, 2.24) is 19.4 Å². The van der Waals surface area contributed by atoms with Gasteiger partial charge in [0.05, 0.1) is 12.5 Å². The molecule has 2 aromatic heterocycles. The molecule has 1 aliphatic rings. The van der Waals surface area contributed by atoms with Crippen molar-refractivity contribution in [2.45, 2.75) is 45.3 Å². The average Bonchev–Trinajstić information content (AvgIpc) is 3.14. The second-order valence-electron chi connectivity index (χ2n) is 8.83. The number of likely N-dealkylation sites (tertiary alicyclic amines) is 1. The first-order chi connectivity index (χ1) is 14.8. The number of carbonyl (C=O) groups is 1. The summed E-state index contributed by atoms with van der Waals surface area (Å²) in [6, 6.07) is 8.09. The monoisotopic (exact) mass is 423 g/mol. The molecule has 0 bridgehead atoms. The molecule has 0 unspecified atom stereocenters. The zero-order valence-corrected chi connectivity index (χ0v) is 18.5. The molecule has 1 amide bonds. The lowest BCUT2D eigenvalue weighted by Crippen LogP contribution is -2.42. The van der Waals surface area contributed by atoms with Gasteiger partial charge in [-0.3, -0.25) is 0 Å². The van der Waals surface area contributed by atoms with Gasteiger partial charge in [0.25, 0.3) is 0 Å². The van der Waals surface area contributed by atoms with E-state index in [1.807, 2.05) is 45.0 Å². The maximum absolute atomic E-state index is 12.4. The number of carbonyl (C=O) groups excluding carboxylic acids is 1. The van der Waals surface area contributed by atoms with Crippen molar-refractivity contribution in [3.05, 3.63) is 36.8 Å². The molecule has 1 fully saturated rings. The van der Waals surface area contributed by atoms with Crippen LogP contribution >= 0.6 is 0 Å². The van der Waals surface area contributed by atoms with E-state index in [1.165, 1.54) is 6.33 Å². The molecule has 0 spiro atoms. The number of hydrogen-bond donors (Lipinski definition) is 1. The first-order valence-electron chi connectivity index (χ1n) is 10.5. The van der Waals surface area contributed by atoms with Gasteiger partial charge in [-0.15, -0.1) is 0 Å². The van der Waals surface area contributed by atoms with Crippen molar-refractivity contribution in [2.24, 2.45) is 0 Å². The van der Waals surface area contributed by atoms with Crippen LogP contribution in [0.15, 0.2) is 36.8 Å². The van der Waals surface area contributed by atoms with Crippen LogP contribution in [0.4, 0.5) is 10.6 Å². The maximum atomic E-state index is 12.4. The van der Waals surface area contributed by atoms with Crippen LogP contribution in [-0.2, 0) is 4.74 Å². The molecule has 1 aliphatic heterocycles. The van der Waals surface area contributed by atoms with Crippen molar-refractivity contribution >= 4 is 22.9 Å². The zero-order valence-electron chi connectivity index (χ0n) is 18.5. The Morgan fingerprint density at radius 3 is 2.42 bits per heavy atom. The normalized spacial score (nSPS) is 15.3. The number of nitrogens with two attached hydrogens (primary N) is 1. The van der Waals surface area contributed by atoms with Crippen LogP contribution in [0.3, 0.4) is 0 Å². The van der Waals surface area contributed by atoms with E-state index in [-0.39, 0.29) is 12.1 Å². The molecule has 0 aliphatic carbocycles. The predicted molar refractivity (Wildman–Crippen MR) is 120 cm³/mol. The molecule has 2 N–H and O–H groups in total. The van der Waals surface area contributed by atoms with Gasteiger partial charge in [0.1, 0.15) is 29.1 Å². The van der Waals surface area contributed by atoms with E-state index in [0.717, 1.165) is 40.8 Å². The smallest absolute Gasteiger partial charge is 0.410 e. The summed E-state index contributed by atoms with van der Waals surface area (Å²) in [5, 5.41) is 0.849. The number of methoxy groups -OCH3 is 1. The van der Waals surface area contributed by atoms with Crippen LogP contribution in [0.25, 0.3) is 22.2 Å². The molecule has 31 heavy (non-hydrogen) atoms. The third-order valence-corrected chi connectivity index (χ3v) is 5.55. The van der Waals surface area contributed by atoms with Gasteiger partial charge in [-0.25, -0.2) is 14.8 Å². The lowest BCUT2D eigenvalue weighted by Gasteiger charge is -2.34. The number of nitrogen functional groups attached to an aromatic ring is 1. The van der Waals surface area contributed by atoms with Gasteiger partial charge in [0.15, 0.2) is 0 Å². The lowest BCUT2D eigenvalue weighted by atomic mass is 10.1. The summed E-state index contributed by atoms with van der Waals surface area (Å²) < 4.78 is 13.0. The summed E-state index contributed by atoms with van der Waals surface area (Å²) in [6.45, 7) is 6.92. The Morgan fingerprint density at radius 1 is 1.13 bits per heavy atom. The average molecular weight is 424 g/mol. The molecule has 8 heteroatoms. The molecule has 1 saturated heterocycles. The van der Waals surface area contributed by atoms with Crippen LogP contribution in [0.1, 0.15) is 39.7 Å². The lowest BCUT2D eigenvalue weighted by molar-refractivity contribution is 0.0189. The van der Waals surface area contributed by atoms with Crippen molar-refractivity contribution < 1.29 is 14.3 Å². The fourth-order valence-corrected chi connectivity index (χ4v) is 4.03. The highest BCUT2D eigenvalue weighted by Crippen LogP contribution is 2.37. The van der Waals surface area contributed by atoms with Crippen molar-refractivity contribution in [1.29, 1.82) is 0 Å². The zero-order chi connectivity index (χ0) is 22.2. The fourth-order valence-electron chi connectivity index (χ4n) is 4.03. The molecular formula is C23H29N5O3. The number of amides is 1. The number of anilines is 1. The van der Waals surface area contributed by atoms with E-state index < -0.39 is 5.60 Å². The third-order valence-electron chi connectivity index (χ3n) is 5.55. The summed E-state index contributed by atoms with van der Waals surface area (Å²) in [7, 11) is 1.65.